The molecule has 0 radical (unpaired) electrons. The number of nitrogens with one attached hydrogen (secondary N) is 1. The van der Waals surface area contributed by atoms with Crippen molar-refractivity contribution >= 4 is 44.8 Å². The second-order valence-corrected chi connectivity index (χ2v) is 6.13. The summed E-state index contributed by atoms with van der Waals surface area (Å²) in [5.41, 5.74) is 9.54. The highest BCUT2D eigenvalue weighted by Gasteiger charge is 2.13. The zero-order valence-electron chi connectivity index (χ0n) is 12.0. The van der Waals surface area contributed by atoms with Crippen molar-refractivity contribution in [1.82, 2.24) is 9.78 Å². The summed E-state index contributed by atoms with van der Waals surface area (Å²) in [7, 11) is 0. The number of rotatable bonds is 3. The van der Waals surface area contributed by atoms with Crippen molar-refractivity contribution < 1.29 is 4.79 Å². The Morgan fingerprint density at radius 1 is 1.43 bits per heavy atom. The van der Waals surface area contributed by atoms with Crippen LogP contribution in [0.25, 0.3) is 0 Å². The number of nitrogens with zero attached hydrogens (tertiary/aromatic N) is 2. The van der Waals surface area contributed by atoms with E-state index in [0.717, 1.165) is 21.4 Å². The van der Waals surface area contributed by atoms with Gasteiger partial charge in [-0.1, -0.05) is 11.6 Å². The minimum Gasteiger partial charge on any atom is -0.396 e. The van der Waals surface area contributed by atoms with Gasteiger partial charge in [0.05, 0.1) is 22.8 Å². The molecular formula is C14H16BrClN4O. The van der Waals surface area contributed by atoms with Crippen molar-refractivity contribution in [2.75, 3.05) is 11.1 Å². The van der Waals surface area contributed by atoms with E-state index in [9.17, 15) is 4.79 Å². The number of anilines is 2. The maximum absolute atomic E-state index is 12.1. The first-order valence-corrected chi connectivity index (χ1v) is 7.51. The second-order valence-electron chi connectivity index (χ2n) is 4.87. The number of aryl methyl sites for hydroxylation is 2. The van der Waals surface area contributed by atoms with Gasteiger partial charge in [0, 0.05) is 9.50 Å². The fourth-order valence-corrected chi connectivity index (χ4v) is 2.65. The van der Waals surface area contributed by atoms with Crippen LogP contribution in [0, 0.1) is 20.8 Å². The van der Waals surface area contributed by atoms with Crippen molar-refractivity contribution in [2.45, 2.75) is 27.3 Å². The fourth-order valence-electron chi connectivity index (χ4n) is 1.93. The minimum atomic E-state index is -0.193. The number of carbonyl (C=O) groups excluding carboxylic acids is 1. The van der Waals surface area contributed by atoms with Gasteiger partial charge >= 0.3 is 0 Å². The van der Waals surface area contributed by atoms with E-state index in [2.05, 4.69) is 26.3 Å². The number of hydrogen-bond donors (Lipinski definition) is 2. The molecular weight excluding hydrogens is 356 g/mol. The number of hydrogen-bond acceptors (Lipinski definition) is 3. The van der Waals surface area contributed by atoms with Gasteiger partial charge in [0.15, 0.2) is 0 Å². The molecule has 21 heavy (non-hydrogen) atoms. The lowest BCUT2D eigenvalue weighted by Crippen LogP contribution is -2.20. The van der Waals surface area contributed by atoms with E-state index in [4.69, 9.17) is 17.3 Å². The van der Waals surface area contributed by atoms with Crippen LogP contribution in [0.15, 0.2) is 16.6 Å². The summed E-state index contributed by atoms with van der Waals surface area (Å²) in [6.45, 7) is 5.65. The molecule has 2 aromatic rings. The monoisotopic (exact) mass is 370 g/mol. The quantitative estimate of drug-likeness (QED) is 0.868. The first kappa shape index (κ1) is 15.9. The molecule has 1 amide bonds. The lowest BCUT2D eigenvalue weighted by molar-refractivity contribution is -0.116. The smallest absolute Gasteiger partial charge is 0.246 e. The van der Waals surface area contributed by atoms with E-state index >= 15 is 0 Å². The van der Waals surface area contributed by atoms with Crippen LogP contribution in [0.3, 0.4) is 0 Å². The maximum atomic E-state index is 12.1. The Labute approximate surface area is 136 Å². The molecule has 3 N–H and O–H groups in total. The largest absolute Gasteiger partial charge is 0.396 e. The average Bonchev–Trinajstić information content (AvgIpc) is 2.63. The number of nitrogen functional groups attached to an aromatic ring is 1. The van der Waals surface area contributed by atoms with Gasteiger partial charge in [-0.05, 0) is 54.4 Å². The average molecular weight is 372 g/mol. The van der Waals surface area contributed by atoms with Crippen LogP contribution in [0.1, 0.15) is 17.0 Å². The molecule has 7 heteroatoms. The second kappa shape index (κ2) is 6.07. The van der Waals surface area contributed by atoms with Gasteiger partial charge in [-0.25, -0.2) is 0 Å². The van der Waals surface area contributed by atoms with E-state index in [-0.39, 0.29) is 12.5 Å². The lowest BCUT2D eigenvalue weighted by Gasteiger charge is -2.10. The van der Waals surface area contributed by atoms with E-state index in [0.29, 0.717) is 16.4 Å². The third-order valence-corrected chi connectivity index (χ3v) is 4.32. The molecule has 0 unspecified atom stereocenters. The molecule has 0 fully saturated rings. The maximum Gasteiger partial charge on any atom is 0.246 e. The summed E-state index contributed by atoms with van der Waals surface area (Å²) in [4.78, 5) is 12.1. The zero-order chi connectivity index (χ0) is 15.7. The van der Waals surface area contributed by atoms with Gasteiger partial charge < -0.3 is 11.1 Å². The van der Waals surface area contributed by atoms with Crippen LogP contribution >= 0.6 is 27.5 Å². The van der Waals surface area contributed by atoms with Gasteiger partial charge in [-0.15, -0.1) is 0 Å². The highest BCUT2D eigenvalue weighted by atomic mass is 79.9. The van der Waals surface area contributed by atoms with Crippen molar-refractivity contribution in [3.05, 3.63) is 38.6 Å². The highest BCUT2D eigenvalue weighted by Crippen LogP contribution is 2.29. The normalized spacial score (nSPS) is 10.7. The predicted octanol–water partition coefficient (Wildman–Crippen LogP) is 3.45. The van der Waals surface area contributed by atoms with Gasteiger partial charge in [-0.2, -0.15) is 5.10 Å². The van der Waals surface area contributed by atoms with Gasteiger partial charge in [0.2, 0.25) is 5.91 Å². The van der Waals surface area contributed by atoms with E-state index in [1.54, 1.807) is 10.7 Å². The molecule has 0 aliphatic heterocycles. The Balaban J connectivity index is 2.15. The standard InChI is InChI=1S/C14H16BrClN4O/c1-7-4-10(15)12(5-11(7)16)18-13(21)6-20-9(3)14(17)8(2)19-20/h4-5H,6,17H2,1-3H3,(H,18,21). The molecule has 2 rings (SSSR count). The molecule has 0 aliphatic rings. The third kappa shape index (κ3) is 3.39. The SMILES string of the molecule is Cc1cc(Br)c(NC(=O)Cn2nc(C)c(N)c2C)cc1Cl. The van der Waals surface area contributed by atoms with Crippen LogP contribution in [0.2, 0.25) is 5.02 Å². The molecule has 5 nitrogen and oxygen atoms in total. The number of aromatic nitrogens is 2. The molecule has 112 valence electrons. The summed E-state index contributed by atoms with van der Waals surface area (Å²) >= 11 is 9.48. The molecule has 0 atom stereocenters. The molecule has 0 spiro atoms. The van der Waals surface area contributed by atoms with Crippen molar-refractivity contribution in [3.63, 3.8) is 0 Å². The van der Waals surface area contributed by atoms with E-state index < -0.39 is 0 Å². The Morgan fingerprint density at radius 2 is 2.10 bits per heavy atom. The van der Waals surface area contributed by atoms with Crippen LogP contribution < -0.4 is 11.1 Å². The highest BCUT2D eigenvalue weighted by molar-refractivity contribution is 9.10. The van der Waals surface area contributed by atoms with Crippen LogP contribution in [-0.2, 0) is 11.3 Å². The molecule has 0 saturated heterocycles. The van der Waals surface area contributed by atoms with E-state index in [1.807, 2.05) is 26.8 Å². The van der Waals surface area contributed by atoms with Gasteiger partial charge in [-0.3, -0.25) is 9.48 Å². The molecule has 0 bridgehead atoms. The first-order chi connectivity index (χ1) is 9.79. The van der Waals surface area contributed by atoms with Crippen molar-refractivity contribution in [2.24, 2.45) is 0 Å². The molecule has 1 heterocycles. The van der Waals surface area contributed by atoms with Crippen LogP contribution in [0.4, 0.5) is 11.4 Å². The summed E-state index contributed by atoms with van der Waals surface area (Å²) in [6, 6.07) is 3.58. The molecule has 0 saturated carbocycles. The first-order valence-electron chi connectivity index (χ1n) is 6.34. The van der Waals surface area contributed by atoms with Crippen molar-refractivity contribution in [1.29, 1.82) is 0 Å². The van der Waals surface area contributed by atoms with Crippen LogP contribution in [-0.4, -0.2) is 15.7 Å². The number of nitrogens with two attached hydrogens (primary N) is 1. The Hall–Kier alpha value is -1.53. The van der Waals surface area contributed by atoms with Gasteiger partial charge in [0.1, 0.15) is 6.54 Å². The Kier molecular flexibility index (Phi) is 4.58. The predicted molar refractivity (Wildman–Crippen MR) is 88.6 cm³/mol. The summed E-state index contributed by atoms with van der Waals surface area (Å²) in [5.74, 6) is -0.193. The molecule has 0 aliphatic carbocycles. The molecule has 1 aromatic heterocycles. The Morgan fingerprint density at radius 3 is 2.67 bits per heavy atom. The van der Waals surface area contributed by atoms with E-state index in [1.165, 1.54) is 0 Å². The van der Waals surface area contributed by atoms with Gasteiger partial charge in [0.25, 0.3) is 0 Å². The third-order valence-electron chi connectivity index (χ3n) is 3.25. The minimum absolute atomic E-state index is 0.0990. The Bertz CT molecular complexity index is 711. The number of halogens is 2. The van der Waals surface area contributed by atoms with Crippen molar-refractivity contribution in [3.8, 4) is 0 Å². The topological polar surface area (TPSA) is 72.9 Å². The lowest BCUT2D eigenvalue weighted by atomic mass is 10.2. The number of carbonyl (C=O) groups is 1. The van der Waals surface area contributed by atoms with Crippen LogP contribution in [0.5, 0.6) is 0 Å². The summed E-state index contributed by atoms with van der Waals surface area (Å²) in [5, 5.41) is 7.65. The summed E-state index contributed by atoms with van der Waals surface area (Å²) in [6.07, 6.45) is 0. The number of amides is 1. The molecule has 1 aromatic carbocycles. The summed E-state index contributed by atoms with van der Waals surface area (Å²) < 4.78 is 2.37. The number of benzene rings is 1. The fraction of sp³-hybridized carbons (Fsp3) is 0.286. The zero-order valence-corrected chi connectivity index (χ0v) is 14.3.